The first-order valence-electron chi connectivity index (χ1n) is 6.86. The Labute approximate surface area is 119 Å². The molecule has 4 nitrogen and oxygen atoms in total. The number of likely N-dealkylation sites (N-methyl/N-ethyl adjacent to an activating group) is 1. The molecular formula is C15H21FN4. The molecule has 0 radical (unpaired) electrons. The molecule has 0 aliphatic heterocycles. The van der Waals surface area contributed by atoms with Crippen LogP contribution in [0.5, 0.6) is 0 Å². The average Bonchev–Trinajstić information content (AvgIpc) is 2.89. The fourth-order valence-electron chi connectivity index (χ4n) is 2.42. The lowest BCUT2D eigenvalue weighted by Crippen LogP contribution is -2.32. The number of hydrogen-bond acceptors (Lipinski definition) is 3. The van der Waals surface area contributed by atoms with Gasteiger partial charge in [-0.05, 0) is 18.6 Å². The van der Waals surface area contributed by atoms with Gasteiger partial charge >= 0.3 is 0 Å². The van der Waals surface area contributed by atoms with Crippen molar-refractivity contribution in [3.05, 3.63) is 48.3 Å². The van der Waals surface area contributed by atoms with Crippen LogP contribution in [-0.2, 0) is 6.54 Å². The molecule has 0 aliphatic carbocycles. The van der Waals surface area contributed by atoms with Gasteiger partial charge in [-0.25, -0.2) is 9.37 Å². The minimum Gasteiger partial charge on any atom is -0.362 e. The fourth-order valence-corrected chi connectivity index (χ4v) is 2.42. The van der Waals surface area contributed by atoms with Crippen LogP contribution in [0.1, 0.15) is 25.1 Å². The van der Waals surface area contributed by atoms with Crippen molar-refractivity contribution in [3.8, 4) is 0 Å². The number of anilines is 1. The van der Waals surface area contributed by atoms with E-state index in [4.69, 9.17) is 5.73 Å². The first-order valence-corrected chi connectivity index (χ1v) is 6.86. The van der Waals surface area contributed by atoms with Gasteiger partial charge in [-0.3, -0.25) is 0 Å². The molecule has 0 spiro atoms. The predicted octanol–water partition coefficient (Wildman–Crippen LogP) is 2.57. The van der Waals surface area contributed by atoms with Gasteiger partial charge < -0.3 is 15.2 Å². The fraction of sp³-hybridized carbons (Fsp3) is 0.400. The van der Waals surface area contributed by atoms with Crippen LogP contribution in [-0.4, -0.2) is 23.1 Å². The molecule has 1 heterocycles. The minimum atomic E-state index is -0.241. The molecule has 5 heteroatoms. The summed E-state index contributed by atoms with van der Waals surface area (Å²) >= 11 is 0. The smallest absolute Gasteiger partial charge is 0.146 e. The maximum absolute atomic E-state index is 13.9. The maximum atomic E-state index is 13.9. The molecule has 2 aromatic rings. The van der Waals surface area contributed by atoms with E-state index in [1.807, 2.05) is 24.2 Å². The highest BCUT2D eigenvalue weighted by molar-refractivity contribution is 5.48. The van der Waals surface area contributed by atoms with Gasteiger partial charge in [0.05, 0.1) is 29.9 Å². The maximum Gasteiger partial charge on any atom is 0.146 e. The molecule has 1 atom stereocenters. The molecule has 0 saturated carbocycles. The predicted molar refractivity (Wildman–Crippen MR) is 79.1 cm³/mol. The summed E-state index contributed by atoms with van der Waals surface area (Å²) in [7, 11) is 1.86. The molecule has 1 aromatic heterocycles. The zero-order valence-corrected chi connectivity index (χ0v) is 12.0. The second-order valence-electron chi connectivity index (χ2n) is 4.83. The van der Waals surface area contributed by atoms with Gasteiger partial charge in [-0.2, -0.15) is 0 Å². The van der Waals surface area contributed by atoms with E-state index in [9.17, 15) is 4.39 Å². The van der Waals surface area contributed by atoms with E-state index in [2.05, 4.69) is 16.5 Å². The average molecular weight is 276 g/mol. The molecule has 0 bridgehead atoms. The van der Waals surface area contributed by atoms with Crippen molar-refractivity contribution in [2.45, 2.75) is 25.9 Å². The number of benzene rings is 1. The molecule has 0 aliphatic rings. The Morgan fingerprint density at radius 1 is 1.40 bits per heavy atom. The van der Waals surface area contributed by atoms with Crippen molar-refractivity contribution in [1.29, 1.82) is 0 Å². The Hall–Kier alpha value is -1.88. The van der Waals surface area contributed by atoms with Gasteiger partial charge in [-0.15, -0.1) is 0 Å². The number of hydrogen-bond donors (Lipinski definition) is 1. The molecule has 0 amide bonds. The monoisotopic (exact) mass is 276 g/mol. The topological polar surface area (TPSA) is 47.1 Å². The van der Waals surface area contributed by atoms with Crippen LogP contribution in [0.3, 0.4) is 0 Å². The third-order valence-electron chi connectivity index (χ3n) is 3.47. The molecular weight excluding hydrogens is 255 g/mol. The minimum absolute atomic E-state index is 0.0963. The first-order chi connectivity index (χ1) is 9.69. The quantitative estimate of drug-likeness (QED) is 0.882. The van der Waals surface area contributed by atoms with E-state index in [-0.39, 0.29) is 11.9 Å². The highest BCUT2D eigenvalue weighted by Gasteiger charge is 2.21. The van der Waals surface area contributed by atoms with E-state index < -0.39 is 0 Å². The van der Waals surface area contributed by atoms with E-state index >= 15 is 0 Å². The first kappa shape index (κ1) is 14.5. The number of imidazole rings is 1. The summed E-state index contributed by atoms with van der Waals surface area (Å²) in [6.07, 6.45) is 4.63. The van der Waals surface area contributed by atoms with Gasteiger partial charge in [0.25, 0.3) is 0 Å². The van der Waals surface area contributed by atoms with Crippen LogP contribution in [0.15, 0.2) is 36.8 Å². The molecule has 0 saturated heterocycles. The summed E-state index contributed by atoms with van der Waals surface area (Å²) < 4.78 is 16.0. The van der Waals surface area contributed by atoms with Crippen molar-refractivity contribution in [2.24, 2.45) is 5.73 Å². The lowest BCUT2D eigenvalue weighted by molar-refractivity contribution is 0.563. The molecule has 1 unspecified atom stereocenters. The lowest BCUT2D eigenvalue weighted by Gasteiger charge is -2.30. The third kappa shape index (κ3) is 2.82. The number of rotatable bonds is 6. The zero-order valence-electron chi connectivity index (χ0n) is 12.0. The van der Waals surface area contributed by atoms with Crippen molar-refractivity contribution in [3.63, 3.8) is 0 Å². The second-order valence-corrected chi connectivity index (χ2v) is 4.83. The number of aromatic nitrogens is 2. The Bertz CT molecular complexity index is 552. The molecule has 108 valence electrons. The Morgan fingerprint density at radius 3 is 2.80 bits per heavy atom. The van der Waals surface area contributed by atoms with E-state index in [1.54, 1.807) is 18.5 Å². The largest absolute Gasteiger partial charge is 0.362 e. The second kappa shape index (κ2) is 6.52. The highest BCUT2D eigenvalue weighted by atomic mass is 19.1. The van der Waals surface area contributed by atoms with Crippen LogP contribution < -0.4 is 10.6 Å². The van der Waals surface area contributed by atoms with Crippen molar-refractivity contribution in [1.82, 2.24) is 9.55 Å². The SMILES string of the molecule is CCCn1cncc1C(CN)N(C)c1ccccc1F. The summed E-state index contributed by atoms with van der Waals surface area (Å²) in [5, 5.41) is 0. The van der Waals surface area contributed by atoms with Crippen LogP contribution in [0.2, 0.25) is 0 Å². The van der Waals surface area contributed by atoms with Crippen LogP contribution in [0.25, 0.3) is 0 Å². The van der Waals surface area contributed by atoms with Gasteiger partial charge in [0.2, 0.25) is 0 Å². The highest BCUT2D eigenvalue weighted by Crippen LogP contribution is 2.27. The normalized spacial score (nSPS) is 12.4. The van der Waals surface area contributed by atoms with E-state index in [0.717, 1.165) is 18.7 Å². The Kier molecular flexibility index (Phi) is 4.74. The standard InChI is InChI=1S/C15H21FN4/c1-3-8-20-11-18-10-15(20)14(9-17)19(2)13-7-5-4-6-12(13)16/h4-7,10-11,14H,3,8-9,17H2,1-2H3. The molecule has 2 N–H and O–H groups in total. The van der Waals surface area contributed by atoms with Crippen LogP contribution in [0.4, 0.5) is 10.1 Å². The van der Waals surface area contributed by atoms with Crippen LogP contribution in [0, 0.1) is 5.82 Å². The zero-order chi connectivity index (χ0) is 14.5. The molecule has 0 fully saturated rings. The molecule has 20 heavy (non-hydrogen) atoms. The summed E-state index contributed by atoms with van der Waals surface area (Å²) in [5.41, 5.74) is 7.47. The van der Waals surface area contributed by atoms with Gasteiger partial charge in [-0.1, -0.05) is 19.1 Å². The van der Waals surface area contributed by atoms with Crippen molar-refractivity contribution < 1.29 is 4.39 Å². The number of para-hydroxylation sites is 1. The summed E-state index contributed by atoms with van der Waals surface area (Å²) in [6, 6.07) is 6.64. The number of halogens is 1. The van der Waals surface area contributed by atoms with Gasteiger partial charge in [0.1, 0.15) is 5.82 Å². The van der Waals surface area contributed by atoms with Gasteiger partial charge in [0.15, 0.2) is 0 Å². The van der Waals surface area contributed by atoms with Gasteiger partial charge in [0, 0.05) is 20.1 Å². The molecule has 2 rings (SSSR count). The summed E-state index contributed by atoms with van der Waals surface area (Å²) in [5.74, 6) is -0.241. The summed E-state index contributed by atoms with van der Waals surface area (Å²) in [4.78, 5) is 6.07. The number of aryl methyl sites for hydroxylation is 1. The summed E-state index contributed by atoms with van der Waals surface area (Å²) in [6.45, 7) is 3.40. The van der Waals surface area contributed by atoms with E-state index in [0.29, 0.717) is 12.2 Å². The molecule has 1 aromatic carbocycles. The van der Waals surface area contributed by atoms with Crippen molar-refractivity contribution in [2.75, 3.05) is 18.5 Å². The van der Waals surface area contributed by atoms with Crippen molar-refractivity contribution >= 4 is 5.69 Å². The number of nitrogens with two attached hydrogens (primary N) is 1. The Morgan fingerprint density at radius 2 is 2.15 bits per heavy atom. The van der Waals surface area contributed by atoms with Crippen LogP contribution >= 0.6 is 0 Å². The Balaban J connectivity index is 2.32. The van der Waals surface area contributed by atoms with E-state index in [1.165, 1.54) is 6.07 Å². The lowest BCUT2D eigenvalue weighted by atomic mass is 10.1. The number of nitrogens with zero attached hydrogens (tertiary/aromatic N) is 3. The third-order valence-corrected chi connectivity index (χ3v) is 3.47.